The average molecular weight is 265 g/mol. The van der Waals surface area contributed by atoms with Crippen LogP contribution in [0.3, 0.4) is 0 Å². The van der Waals surface area contributed by atoms with Crippen LogP contribution in [0.5, 0.6) is 0 Å². The van der Waals surface area contributed by atoms with Crippen molar-refractivity contribution in [1.29, 1.82) is 0 Å². The second-order valence-corrected chi connectivity index (χ2v) is 4.70. The van der Waals surface area contributed by atoms with E-state index in [1.54, 1.807) is 6.33 Å². The van der Waals surface area contributed by atoms with E-state index in [0.717, 1.165) is 29.4 Å². The lowest BCUT2D eigenvalue weighted by molar-refractivity contribution is 0.548. The summed E-state index contributed by atoms with van der Waals surface area (Å²) in [6.07, 6.45) is 3.30. The van der Waals surface area contributed by atoms with E-state index in [1.165, 1.54) is 0 Å². The second-order valence-electron chi connectivity index (χ2n) is 4.26. The summed E-state index contributed by atoms with van der Waals surface area (Å²) >= 11 is 5.86. The van der Waals surface area contributed by atoms with Crippen LogP contribution < -0.4 is 5.73 Å². The molecule has 1 unspecified atom stereocenters. The van der Waals surface area contributed by atoms with Gasteiger partial charge in [0.1, 0.15) is 12.2 Å². The summed E-state index contributed by atoms with van der Waals surface area (Å²) in [6.45, 7) is 2.99. The Balaban J connectivity index is 2.08. The number of aryl methyl sites for hydroxylation is 1. The lowest BCUT2D eigenvalue weighted by Crippen LogP contribution is -2.17. The third kappa shape index (κ3) is 3.09. The fraction of sp³-hybridized carbons (Fsp3) is 0.385. The Hall–Kier alpha value is -1.39. The van der Waals surface area contributed by atoms with E-state index in [-0.39, 0.29) is 6.04 Å². The topological polar surface area (TPSA) is 56.7 Å². The van der Waals surface area contributed by atoms with Gasteiger partial charge in [-0.3, -0.25) is 4.68 Å². The number of hydrogen-bond donors (Lipinski definition) is 1. The molecule has 2 aromatic rings. The van der Waals surface area contributed by atoms with Gasteiger partial charge in [-0.15, -0.1) is 0 Å². The third-order valence-corrected chi connectivity index (χ3v) is 3.08. The summed E-state index contributed by atoms with van der Waals surface area (Å²) in [5, 5.41) is 4.92. The molecule has 0 amide bonds. The van der Waals surface area contributed by atoms with Crippen LogP contribution in [0.1, 0.15) is 30.8 Å². The zero-order chi connectivity index (χ0) is 13.0. The molecule has 1 heterocycles. The summed E-state index contributed by atoms with van der Waals surface area (Å²) in [6, 6.07) is 7.53. The number of halogens is 1. The summed E-state index contributed by atoms with van der Waals surface area (Å²) in [4.78, 5) is 4.26. The Morgan fingerprint density at radius 2 is 2.06 bits per heavy atom. The van der Waals surface area contributed by atoms with Crippen LogP contribution in [0.25, 0.3) is 0 Å². The Bertz CT molecular complexity index is 492. The molecule has 0 saturated carbocycles. The summed E-state index contributed by atoms with van der Waals surface area (Å²) in [7, 11) is 0. The Labute approximate surface area is 112 Å². The van der Waals surface area contributed by atoms with E-state index >= 15 is 0 Å². The molecule has 0 fully saturated rings. The molecule has 1 aromatic carbocycles. The van der Waals surface area contributed by atoms with Crippen molar-refractivity contribution < 1.29 is 0 Å². The summed E-state index contributed by atoms with van der Waals surface area (Å²) in [5.41, 5.74) is 7.24. The number of nitrogens with zero attached hydrogens (tertiary/aromatic N) is 3. The van der Waals surface area contributed by atoms with Crippen molar-refractivity contribution in [3.05, 3.63) is 47.0 Å². The molecule has 0 saturated heterocycles. The highest BCUT2D eigenvalue weighted by atomic mass is 35.5. The number of nitrogens with two attached hydrogens (primary N) is 1. The SMILES string of the molecule is CCCn1ncnc1CC(N)c1ccc(Cl)cc1. The van der Waals surface area contributed by atoms with Gasteiger partial charge in [0.15, 0.2) is 0 Å². The predicted octanol–water partition coefficient (Wildman–Crippen LogP) is 2.58. The number of hydrogen-bond acceptors (Lipinski definition) is 3. The van der Waals surface area contributed by atoms with Crippen LogP contribution in [0.2, 0.25) is 5.02 Å². The lowest BCUT2D eigenvalue weighted by atomic mass is 10.0. The minimum absolute atomic E-state index is 0.0814. The van der Waals surface area contributed by atoms with E-state index in [2.05, 4.69) is 17.0 Å². The van der Waals surface area contributed by atoms with Gasteiger partial charge >= 0.3 is 0 Å². The molecule has 0 bridgehead atoms. The van der Waals surface area contributed by atoms with E-state index in [9.17, 15) is 0 Å². The van der Waals surface area contributed by atoms with Gasteiger partial charge in [-0.25, -0.2) is 4.98 Å². The second kappa shape index (κ2) is 5.98. The van der Waals surface area contributed by atoms with Crippen molar-refractivity contribution in [2.45, 2.75) is 32.4 Å². The van der Waals surface area contributed by atoms with Crippen molar-refractivity contribution in [2.75, 3.05) is 0 Å². The number of benzene rings is 1. The van der Waals surface area contributed by atoms with Gasteiger partial charge in [-0.2, -0.15) is 5.10 Å². The smallest absolute Gasteiger partial charge is 0.138 e. The van der Waals surface area contributed by atoms with Crippen LogP contribution in [-0.2, 0) is 13.0 Å². The molecule has 2 rings (SSSR count). The summed E-state index contributed by atoms with van der Waals surface area (Å²) < 4.78 is 1.91. The third-order valence-electron chi connectivity index (χ3n) is 2.83. The minimum atomic E-state index is -0.0814. The molecular formula is C13H17ClN4. The van der Waals surface area contributed by atoms with Crippen LogP contribution >= 0.6 is 11.6 Å². The normalized spacial score (nSPS) is 12.6. The molecule has 0 aliphatic heterocycles. The van der Waals surface area contributed by atoms with Gasteiger partial charge in [-0.1, -0.05) is 30.7 Å². The van der Waals surface area contributed by atoms with Gasteiger partial charge in [0, 0.05) is 24.0 Å². The molecule has 0 aliphatic rings. The van der Waals surface area contributed by atoms with Crippen molar-refractivity contribution in [1.82, 2.24) is 14.8 Å². The predicted molar refractivity (Wildman–Crippen MR) is 72.4 cm³/mol. The number of aromatic nitrogens is 3. The first-order valence-electron chi connectivity index (χ1n) is 6.08. The fourth-order valence-electron chi connectivity index (χ4n) is 1.87. The molecule has 0 radical (unpaired) electrons. The first-order chi connectivity index (χ1) is 8.70. The molecule has 0 aliphatic carbocycles. The van der Waals surface area contributed by atoms with Gasteiger partial charge in [0.25, 0.3) is 0 Å². The quantitative estimate of drug-likeness (QED) is 0.903. The Morgan fingerprint density at radius 1 is 1.33 bits per heavy atom. The molecule has 96 valence electrons. The maximum absolute atomic E-state index is 6.18. The van der Waals surface area contributed by atoms with Crippen LogP contribution in [-0.4, -0.2) is 14.8 Å². The van der Waals surface area contributed by atoms with Gasteiger partial charge in [0.2, 0.25) is 0 Å². The monoisotopic (exact) mass is 264 g/mol. The lowest BCUT2D eigenvalue weighted by Gasteiger charge is -2.12. The molecule has 0 spiro atoms. The van der Waals surface area contributed by atoms with E-state index in [1.807, 2.05) is 28.9 Å². The molecular weight excluding hydrogens is 248 g/mol. The molecule has 5 heteroatoms. The van der Waals surface area contributed by atoms with Gasteiger partial charge in [-0.05, 0) is 24.1 Å². The first kappa shape index (κ1) is 13.1. The number of rotatable bonds is 5. The molecule has 1 atom stereocenters. The zero-order valence-electron chi connectivity index (χ0n) is 10.4. The van der Waals surface area contributed by atoms with E-state index in [0.29, 0.717) is 6.42 Å². The van der Waals surface area contributed by atoms with Gasteiger partial charge in [0.05, 0.1) is 0 Å². The Morgan fingerprint density at radius 3 is 2.72 bits per heavy atom. The first-order valence-corrected chi connectivity index (χ1v) is 6.46. The van der Waals surface area contributed by atoms with Crippen molar-refractivity contribution >= 4 is 11.6 Å². The van der Waals surface area contributed by atoms with Crippen LogP contribution in [0, 0.1) is 0 Å². The van der Waals surface area contributed by atoms with Gasteiger partial charge < -0.3 is 5.73 Å². The summed E-state index contributed by atoms with van der Waals surface area (Å²) in [5.74, 6) is 0.930. The average Bonchev–Trinajstić information content (AvgIpc) is 2.78. The van der Waals surface area contributed by atoms with E-state index in [4.69, 9.17) is 17.3 Å². The highest BCUT2D eigenvalue weighted by molar-refractivity contribution is 6.30. The van der Waals surface area contributed by atoms with E-state index < -0.39 is 0 Å². The highest BCUT2D eigenvalue weighted by Gasteiger charge is 2.11. The van der Waals surface area contributed by atoms with Crippen molar-refractivity contribution in [3.8, 4) is 0 Å². The standard InChI is InChI=1S/C13H17ClN4/c1-2-7-18-13(16-9-17-18)8-12(15)10-3-5-11(14)6-4-10/h3-6,9,12H,2,7-8,15H2,1H3. The fourth-order valence-corrected chi connectivity index (χ4v) is 2.00. The molecule has 1 aromatic heterocycles. The molecule has 4 nitrogen and oxygen atoms in total. The Kier molecular flexibility index (Phi) is 4.33. The molecule has 18 heavy (non-hydrogen) atoms. The largest absolute Gasteiger partial charge is 0.324 e. The van der Waals surface area contributed by atoms with Crippen molar-refractivity contribution in [3.63, 3.8) is 0 Å². The maximum atomic E-state index is 6.18. The zero-order valence-corrected chi connectivity index (χ0v) is 11.1. The minimum Gasteiger partial charge on any atom is -0.324 e. The highest BCUT2D eigenvalue weighted by Crippen LogP contribution is 2.17. The van der Waals surface area contributed by atoms with Crippen LogP contribution in [0.4, 0.5) is 0 Å². The maximum Gasteiger partial charge on any atom is 0.138 e. The van der Waals surface area contributed by atoms with Crippen LogP contribution in [0.15, 0.2) is 30.6 Å². The molecule has 2 N–H and O–H groups in total. The van der Waals surface area contributed by atoms with Crippen molar-refractivity contribution in [2.24, 2.45) is 5.73 Å².